The number of aromatic nitrogens is 1. The Balaban J connectivity index is 3.78. The van der Waals surface area contributed by atoms with Gasteiger partial charge in [-0.1, -0.05) is 0 Å². The van der Waals surface area contributed by atoms with Crippen LogP contribution in [0.25, 0.3) is 0 Å². The summed E-state index contributed by atoms with van der Waals surface area (Å²) in [6, 6.07) is 1.40. The maximum Gasteiger partial charge on any atom is 0.268 e. The topological polar surface area (TPSA) is 70.8 Å². The Morgan fingerprint density at radius 2 is 2.12 bits per heavy atom. The number of halogens is 4. The fraction of sp³-hybridized carbons (Fsp3) is 0.143. The van der Waals surface area contributed by atoms with E-state index in [0.29, 0.717) is 0 Å². The van der Waals surface area contributed by atoms with Gasteiger partial charge in [0.05, 0.1) is 9.13 Å². The van der Waals surface area contributed by atoms with Crippen LogP contribution in [0.4, 0.5) is 8.78 Å². The third-order valence-electron chi connectivity index (χ3n) is 1.59. The minimum absolute atomic E-state index is 0.0538. The number of nitrogens with zero attached hydrogens (tertiary/aromatic N) is 2. The first kappa shape index (κ1) is 13.5. The van der Waals surface area contributed by atoms with Crippen LogP contribution in [0.15, 0.2) is 11.1 Å². The van der Waals surface area contributed by atoms with Crippen LogP contribution in [0.5, 0.6) is 0 Å². The Kier molecular flexibility index (Phi) is 4.03. The van der Waals surface area contributed by atoms with Crippen LogP contribution in [-0.4, -0.2) is 13.4 Å². The van der Waals surface area contributed by atoms with Gasteiger partial charge >= 0.3 is 0 Å². The van der Waals surface area contributed by atoms with Crippen molar-refractivity contribution in [3.05, 3.63) is 21.0 Å². The highest BCUT2D eigenvalue weighted by Gasteiger charge is 2.28. The zero-order valence-electron chi connectivity index (χ0n) is 7.29. The maximum atomic E-state index is 12.7. The Morgan fingerprint density at radius 1 is 1.56 bits per heavy atom. The molecule has 16 heavy (non-hydrogen) atoms. The molecule has 0 unspecified atom stereocenters. The van der Waals surface area contributed by atoms with E-state index >= 15 is 0 Å². The molecule has 1 aromatic heterocycles. The third kappa shape index (κ3) is 2.58. The SMILES string of the molecule is N#Cc1ncc(I)c(S(=O)(=O)Cl)c1C(F)F. The first-order valence-corrected chi connectivity index (χ1v) is 6.99. The highest BCUT2D eigenvalue weighted by molar-refractivity contribution is 14.1. The second-order valence-electron chi connectivity index (χ2n) is 2.55. The van der Waals surface area contributed by atoms with Crippen molar-refractivity contribution in [3.63, 3.8) is 0 Å². The number of hydrogen-bond donors (Lipinski definition) is 0. The summed E-state index contributed by atoms with van der Waals surface area (Å²) in [5.41, 5.74) is -1.60. The second kappa shape index (κ2) is 4.77. The average molecular weight is 379 g/mol. The molecule has 1 heterocycles. The van der Waals surface area contributed by atoms with E-state index < -0.39 is 31.6 Å². The van der Waals surface area contributed by atoms with E-state index in [-0.39, 0.29) is 3.57 Å². The van der Waals surface area contributed by atoms with E-state index in [1.54, 1.807) is 0 Å². The normalized spacial score (nSPS) is 11.5. The molecule has 0 aliphatic rings. The zero-order chi connectivity index (χ0) is 12.5. The molecule has 1 rings (SSSR count). The molecule has 4 nitrogen and oxygen atoms in total. The Labute approximate surface area is 108 Å². The molecule has 86 valence electrons. The Hall–Kier alpha value is -0.530. The molecule has 0 aromatic carbocycles. The lowest BCUT2D eigenvalue weighted by molar-refractivity contribution is 0.147. The monoisotopic (exact) mass is 378 g/mol. The van der Waals surface area contributed by atoms with Crippen molar-refractivity contribution in [1.29, 1.82) is 5.26 Å². The molecule has 0 saturated carbocycles. The molecule has 0 aliphatic carbocycles. The van der Waals surface area contributed by atoms with Gasteiger partial charge in [0.1, 0.15) is 11.0 Å². The molecule has 9 heteroatoms. The fourth-order valence-corrected chi connectivity index (χ4v) is 3.95. The highest BCUT2D eigenvalue weighted by Crippen LogP contribution is 2.33. The number of nitriles is 1. The van der Waals surface area contributed by atoms with Crippen LogP contribution >= 0.6 is 33.3 Å². The minimum Gasteiger partial charge on any atom is -0.244 e. The molecule has 0 radical (unpaired) electrons. The summed E-state index contributed by atoms with van der Waals surface area (Å²) < 4.78 is 47.6. The molecule has 0 bridgehead atoms. The van der Waals surface area contributed by atoms with Gasteiger partial charge in [0.25, 0.3) is 15.5 Å². The first-order valence-electron chi connectivity index (χ1n) is 3.60. The number of pyridine rings is 1. The van der Waals surface area contributed by atoms with Gasteiger partial charge in [0, 0.05) is 16.9 Å². The summed E-state index contributed by atoms with van der Waals surface area (Å²) in [5, 5.41) is 8.56. The predicted molar refractivity (Wildman–Crippen MR) is 59.7 cm³/mol. The van der Waals surface area contributed by atoms with Crippen LogP contribution in [0.3, 0.4) is 0 Å². The van der Waals surface area contributed by atoms with Crippen molar-refractivity contribution in [2.75, 3.05) is 0 Å². The second-order valence-corrected chi connectivity index (χ2v) is 6.21. The molecule has 0 aliphatic heterocycles. The molecular formula is C7H2ClF2IN2O2S. The Morgan fingerprint density at radius 3 is 2.50 bits per heavy atom. The van der Waals surface area contributed by atoms with Gasteiger partial charge in [-0.05, 0) is 22.6 Å². The van der Waals surface area contributed by atoms with Crippen LogP contribution in [-0.2, 0) is 9.05 Å². The van der Waals surface area contributed by atoms with E-state index in [1.165, 1.54) is 28.7 Å². The van der Waals surface area contributed by atoms with Crippen molar-refractivity contribution in [1.82, 2.24) is 4.98 Å². The summed E-state index contributed by atoms with van der Waals surface area (Å²) in [7, 11) is 0.691. The van der Waals surface area contributed by atoms with Crippen molar-refractivity contribution in [2.45, 2.75) is 11.3 Å². The van der Waals surface area contributed by atoms with Gasteiger partial charge in [0.15, 0.2) is 5.69 Å². The molecule has 0 N–H and O–H groups in total. The van der Waals surface area contributed by atoms with Crippen molar-refractivity contribution >= 4 is 42.3 Å². The van der Waals surface area contributed by atoms with Gasteiger partial charge < -0.3 is 0 Å². The van der Waals surface area contributed by atoms with Gasteiger partial charge in [-0.15, -0.1) is 0 Å². The minimum atomic E-state index is -4.35. The van der Waals surface area contributed by atoms with Crippen LogP contribution in [0.2, 0.25) is 0 Å². The summed E-state index contributed by atoms with van der Waals surface area (Å²) in [6.45, 7) is 0. The highest BCUT2D eigenvalue weighted by atomic mass is 127. The number of alkyl halides is 2. The molecule has 0 fully saturated rings. The molecule has 0 amide bonds. The van der Waals surface area contributed by atoms with Crippen molar-refractivity contribution < 1.29 is 17.2 Å². The van der Waals surface area contributed by atoms with E-state index in [0.717, 1.165) is 6.20 Å². The van der Waals surface area contributed by atoms with E-state index in [1.807, 2.05) is 0 Å². The molecule has 0 saturated heterocycles. The van der Waals surface area contributed by atoms with Crippen LogP contribution < -0.4 is 0 Å². The molecule has 1 aromatic rings. The smallest absolute Gasteiger partial charge is 0.244 e. The van der Waals surface area contributed by atoms with Crippen molar-refractivity contribution in [3.8, 4) is 6.07 Å². The summed E-state index contributed by atoms with van der Waals surface area (Å²) in [4.78, 5) is 2.67. The van der Waals surface area contributed by atoms with E-state index in [9.17, 15) is 17.2 Å². The quantitative estimate of drug-likeness (QED) is 0.585. The summed E-state index contributed by atoms with van der Waals surface area (Å²) in [6.07, 6.45) is -2.14. The lowest BCUT2D eigenvalue weighted by Gasteiger charge is -2.08. The Bertz CT molecular complexity index is 570. The molecule has 0 atom stereocenters. The van der Waals surface area contributed by atoms with Crippen LogP contribution in [0, 0.1) is 14.9 Å². The van der Waals surface area contributed by atoms with Gasteiger partial charge in [-0.3, -0.25) is 0 Å². The summed E-state index contributed by atoms with van der Waals surface area (Å²) in [5.74, 6) is 0. The maximum absolute atomic E-state index is 12.7. The largest absolute Gasteiger partial charge is 0.268 e. The van der Waals surface area contributed by atoms with E-state index in [4.69, 9.17) is 15.9 Å². The lowest BCUT2D eigenvalue weighted by Crippen LogP contribution is -2.06. The van der Waals surface area contributed by atoms with Crippen molar-refractivity contribution in [2.24, 2.45) is 0 Å². The fourth-order valence-electron chi connectivity index (χ4n) is 1.02. The molecule has 0 spiro atoms. The van der Waals surface area contributed by atoms with Crippen LogP contribution in [0.1, 0.15) is 17.7 Å². The predicted octanol–water partition coefficient (Wildman–Crippen LogP) is 2.42. The van der Waals surface area contributed by atoms with E-state index in [2.05, 4.69) is 4.98 Å². The standard InChI is InChI=1S/C7H2ClF2IN2O2S/c8-16(14,15)6-3(11)2-13-4(1-12)5(6)7(9)10/h2,7H. The summed E-state index contributed by atoms with van der Waals surface area (Å²) >= 11 is 1.51. The van der Waals surface area contributed by atoms with Gasteiger partial charge in [-0.2, -0.15) is 5.26 Å². The first-order chi connectivity index (χ1) is 7.29. The molecular weight excluding hydrogens is 377 g/mol. The van der Waals surface area contributed by atoms with Gasteiger partial charge in [0.2, 0.25) is 0 Å². The zero-order valence-corrected chi connectivity index (χ0v) is 11.0. The van der Waals surface area contributed by atoms with Gasteiger partial charge in [-0.25, -0.2) is 22.2 Å². The third-order valence-corrected chi connectivity index (χ3v) is 4.17. The number of rotatable bonds is 2. The average Bonchev–Trinajstić information content (AvgIpc) is 2.15. The lowest BCUT2D eigenvalue weighted by atomic mass is 10.2. The number of hydrogen-bond acceptors (Lipinski definition) is 4.